The first-order valence-electron chi connectivity index (χ1n) is 6.01. The number of benzene rings is 2. The van der Waals surface area contributed by atoms with E-state index in [0.717, 1.165) is 16.7 Å². The van der Waals surface area contributed by atoms with Gasteiger partial charge >= 0.3 is 0 Å². The third-order valence-electron chi connectivity index (χ3n) is 3.10. The summed E-state index contributed by atoms with van der Waals surface area (Å²) in [6, 6.07) is 14.1. The maximum Gasteiger partial charge on any atom is 0.123 e. The van der Waals surface area contributed by atoms with Crippen LogP contribution in [0.1, 0.15) is 23.6 Å². The fourth-order valence-corrected chi connectivity index (χ4v) is 2.08. The minimum absolute atomic E-state index is 0.256. The zero-order chi connectivity index (χ0) is 13.2. The molecule has 94 valence electrons. The first-order chi connectivity index (χ1) is 8.47. The lowest BCUT2D eigenvalue weighted by Gasteiger charge is -2.24. The minimum Gasteiger partial charge on any atom is -0.385 e. The lowest BCUT2D eigenvalue weighted by Crippen LogP contribution is -2.24. The first-order valence-corrected chi connectivity index (χ1v) is 6.01. The van der Waals surface area contributed by atoms with E-state index in [1.807, 2.05) is 31.2 Å². The van der Waals surface area contributed by atoms with Crippen molar-refractivity contribution in [1.29, 1.82) is 0 Å². The summed E-state index contributed by atoms with van der Waals surface area (Å²) in [7, 11) is 0. The monoisotopic (exact) mass is 244 g/mol. The van der Waals surface area contributed by atoms with Crippen molar-refractivity contribution < 1.29 is 9.50 Å². The topological polar surface area (TPSA) is 20.2 Å². The Morgan fingerprint density at radius 2 is 1.78 bits per heavy atom. The lowest BCUT2D eigenvalue weighted by atomic mass is 9.88. The second-order valence-electron chi connectivity index (χ2n) is 4.95. The van der Waals surface area contributed by atoms with Crippen LogP contribution in [-0.4, -0.2) is 5.11 Å². The third-order valence-corrected chi connectivity index (χ3v) is 3.10. The summed E-state index contributed by atoms with van der Waals surface area (Å²) in [5.41, 5.74) is 1.98. The standard InChI is InChI=1S/C16H17FO/c1-12-4-3-5-14(10-12)16(2,18)11-13-6-8-15(17)9-7-13/h3-10,18H,11H2,1-2H3. The number of halogens is 1. The van der Waals surface area contributed by atoms with Gasteiger partial charge in [-0.25, -0.2) is 4.39 Å². The number of hydrogen-bond donors (Lipinski definition) is 1. The van der Waals surface area contributed by atoms with Gasteiger partial charge in [-0.3, -0.25) is 0 Å². The molecule has 1 atom stereocenters. The molecule has 0 radical (unpaired) electrons. The van der Waals surface area contributed by atoms with Gasteiger partial charge in [0, 0.05) is 6.42 Å². The van der Waals surface area contributed by atoms with E-state index in [9.17, 15) is 9.50 Å². The summed E-state index contributed by atoms with van der Waals surface area (Å²) in [6.07, 6.45) is 0.469. The van der Waals surface area contributed by atoms with Crippen LogP contribution in [-0.2, 0) is 12.0 Å². The molecule has 0 bridgehead atoms. The number of aliphatic hydroxyl groups is 1. The largest absolute Gasteiger partial charge is 0.385 e. The van der Waals surface area contributed by atoms with Crippen LogP contribution >= 0.6 is 0 Å². The Hall–Kier alpha value is -1.67. The Labute approximate surface area is 107 Å². The highest BCUT2D eigenvalue weighted by Gasteiger charge is 2.23. The average molecular weight is 244 g/mol. The molecule has 2 rings (SSSR count). The summed E-state index contributed by atoms with van der Waals surface area (Å²) >= 11 is 0. The Morgan fingerprint density at radius 1 is 1.11 bits per heavy atom. The molecule has 0 heterocycles. The number of aryl methyl sites for hydroxylation is 1. The highest BCUT2D eigenvalue weighted by molar-refractivity contribution is 5.29. The summed E-state index contributed by atoms with van der Waals surface area (Å²) in [4.78, 5) is 0. The Morgan fingerprint density at radius 3 is 2.39 bits per heavy atom. The highest BCUT2D eigenvalue weighted by atomic mass is 19.1. The van der Waals surface area contributed by atoms with Crippen molar-refractivity contribution in [3.63, 3.8) is 0 Å². The van der Waals surface area contributed by atoms with Crippen molar-refractivity contribution in [2.75, 3.05) is 0 Å². The van der Waals surface area contributed by atoms with E-state index in [4.69, 9.17) is 0 Å². The molecule has 2 heteroatoms. The van der Waals surface area contributed by atoms with Crippen LogP contribution < -0.4 is 0 Å². The molecule has 0 aliphatic rings. The van der Waals surface area contributed by atoms with Crippen molar-refractivity contribution in [2.45, 2.75) is 25.9 Å². The molecule has 0 aliphatic heterocycles. The van der Waals surface area contributed by atoms with Crippen LogP contribution in [0.15, 0.2) is 48.5 Å². The van der Waals surface area contributed by atoms with Gasteiger partial charge in [-0.15, -0.1) is 0 Å². The van der Waals surface area contributed by atoms with E-state index in [1.165, 1.54) is 12.1 Å². The Kier molecular flexibility index (Phi) is 3.48. The van der Waals surface area contributed by atoms with Crippen molar-refractivity contribution in [3.05, 3.63) is 71.0 Å². The van der Waals surface area contributed by atoms with Gasteiger partial charge in [-0.1, -0.05) is 42.0 Å². The van der Waals surface area contributed by atoms with Crippen molar-refractivity contribution >= 4 is 0 Å². The van der Waals surface area contributed by atoms with Gasteiger partial charge in [0.1, 0.15) is 5.82 Å². The summed E-state index contributed by atoms with van der Waals surface area (Å²) in [5, 5.41) is 10.5. The van der Waals surface area contributed by atoms with E-state index >= 15 is 0 Å². The molecule has 0 saturated carbocycles. The minimum atomic E-state index is -0.941. The van der Waals surface area contributed by atoms with Gasteiger partial charge in [-0.05, 0) is 37.1 Å². The fraction of sp³-hybridized carbons (Fsp3) is 0.250. The molecule has 1 unspecified atom stereocenters. The van der Waals surface area contributed by atoms with E-state index in [0.29, 0.717) is 6.42 Å². The van der Waals surface area contributed by atoms with E-state index in [2.05, 4.69) is 0 Å². The zero-order valence-corrected chi connectivity index (χ0v) is 10.7. The normalized spacial score (nSPS) is 14.2. The fourth-order valence-electron chi connectivity index (χ4n) is 2.08. The molecule has 0 fully saturated rings. The van der Waals surface area contributed by atoms with Gasteiger partial charge in [0.2, 0.25) is 0 Å². The highest BCUT2D eigenvalue weighted by Crippen LogP contribution is 2.26. The molecule has 0 spiro atoms. The van der Waals surface area contributed by atoms with E-state index in [1.54, 1.807) is 19.1 Å². The van der Waals surface area contributed by atoms with Crippen molar-refractivity contribution in [2.24, 2.45) is 0 Å². The molecular formula is C16H17FO. The summed E-state index contributed by atoms with van der Waals surface area (Å²) < 4.78 is 12.8. The maximum atomic E-state index is 12.8. The van der Waals surface area contributed by atoms with Crippen LogP contribution in [0.25, 0.3) is 0 Å². The Balaban J connectivity index is 2.23. The molecule has 0 amide bonds. The maximum absolute atomic E-state index is 12.8. The SMILES string of the molecule is Cc1cccc(C(C)(O)Cc2ccc(F)cc2)c1. The van der Waals surface area contributed by atoms with Crippen molar-refractivity contribution in [3.8, 4) is 0 Å². The molecule has 0 saturated heterocycles. The smallest absolute Gasteiger partial charge is 0.123 e. The number of rotatable bonds is 3. The Bertz CT molecular complexity index is 529. The van der Waals surface area contributed by atoms with E-state index in [-0.39, 0.29) is 5.82 Å². The van der Waals surface area contributed by atoms with Gasteiger partial charge in [0.15, 0.2) is 0 Å². The first kappa shape index (κ1) is 12.8. The van der Waals surface area contributed by atoms with Gasteiger partial charge < -0.3 is 5.11 Å². The molecule has 2 aromatic rings. The van der Waals surface area contributed by atoms with Crippen molar-refractivity contribution in [1.82, 2.24) is 0 Å². The third kappa shape index (κ3) is 2.96. The van der Waals surface area contributed by atoms with Crippen LogP contribution in [0.3, 0.4) is 0 Å². The van der Waals surface area contributed by atoms with Gasteiger partial charge in [0.25, 0.3) is 0 Å². The predicted octanol–water partition coefficient (Wildman–Crippen LogP) is 3.58. The quantitative estimate of drug-likeness (QED) is 0.875. The van der Waals surface area contributed by atoms with Crippen LogP contribution in [0.5, 0.6) is 0 Å². The van der Waals surface area contributed by atoms with Crippen LogP contribution in [0.4, 0.5) is 4.39 Å². The lowest BCUT2D eigenvalue weighted by molar-refractivity contribution is 0.0575. The molecule has 18 heavy (non-hydrogen) atoms. The van der Waals surface area contributed by atoms with Crippen LogP contribution in [0, 0.1) is 12.7 Å². The molecule has 1 N–H and O–H groups in total. The van der Waals surface area contributed by atoms with Gasteiger partial charge in [-0.2, -0.15) is 0 Å². The molecule has 2 aromatic carbocycles. The second kappa shape index (κ2) is 4.91. The molecule has 1 nitrogen and oxygen atoms in total. The number of hydrogen-bond acceptors (Lipinski definition) is 1. The van der Waals surface area contributed by atoms with Gasteiger partial charge in [0.05, 0.1) is 5.60 Å². The zero-order valence-electron chi connectivity index (χ0n) is 10.7. The predicted molar refractivity (Wildman–Crippen MR) is 70.9 cm³/mol. The molecule has 0 aromatic heterocycles. The second-order valence-corrected chi connectivity index (χ2v) is 4.95. The molecule has 0 aliphatic carbocycles. The summed E-state index contributed by atoms with van der Waals surface area (Å²) in [5.74, 6) is -0.256. The van der Waals surface area contributed by atoms with Crippen LogP contribution in [0.2, 0.25) is 0 Å². The summed E-state index contributed by atoms with van der Waals surface area (Å²) in [6.45, 7) is 3.78. The average Bonchev–Trinajstić information content (AvgIpc) is 2.32. The van der Waals surface area contributed by atoms with E-state index < -0.39 is 5.60 Å². The molecular weight excluding hydrogens is 227 g/mol.